The minimum absolute atomic E-state index is 0.0899. The summed E-state index contributed by atoms with van der Waals surface area (Å²) in [6, 6.07) is 17.0. The fraction of sp³-hybridized carbons (Fsp3) is 0. The second-order valence-corrected chi connectivity index (χ2v) is 6.31. The van der Waals surface area contributed by atoms with Gasteiger partial charge in [-0.2, -0.15) is 0 Å². The smallest absolute Gasteiger partial charge is 0.312 e. The largest absolute Gasteiger partial charge is 0.502 e. The Balaban J connectivity index is 1.84. The summed E-state index contributed by atoms with van der Waals surface area (Å²) in [5.41, 5.74) is 0.845. The van der Waals surface area contributed by atoms with Crippen LogP contribution < -0.4 is 5.32 Å². The average Bonchev–Trinajstić information content (AvgIpc) is 2.75. The van der Waals surface area contributed by atoms with Crippen LogP contribution in [-0.4, -0.2) is 24.9 Å². The summed E-state index contributed by atoms with van der Waals surface area (Å²) in [7, 11) is 0. The van der Waals surface area contributed by atoms with Crippen molar-refractivity contribution in [1.82, 2.24) is 9.97 Å². The lowest BCUT2D eigenvalue weighted by Gasteiger charge is -2.11. The molecule has 4 rings (SSSR count). The molecule has 0 atom stereocenters. The molecule has 0 aliphatic heterocycles. The summed E-state index contributed by atoms with van der Waals surface area (Å²) in [6.07, 6.45) is 0. The number of fused-ring (bicyclic) bond motifs is 1. The third kappa shape index (κ3) is 3.56. The topological polar surface area (TPSA) is 144 Å². The van der Waals surface area contributed by atoms with Gasteiger partial charge in [0.05, 0.1) is 15.4 Å². The van der Waals surface area contributed by atoms with Gasteiger partial charge in [-0.25, -0.2) is 9.97 Å². The number of benzene rings is 3. The highest BCUT2D eigenvalue weighted by Crippen LogP contribution is 2.32. The molecular weight excluding hydrogens is 390 g/mol. The number of phenols is 1. The lowest BCUT2D eigenvalue weighted by molar-refractivity contribution is -0.385. The summed E-state index contributed by atoms with van der Waals surface area (Å²) < 4.78 is 0. The Bertz CT molecular complexity index is 1310. The van der Waals surface area contributed by atoms with Gasteiger partial charge in [0, 0.05) is 34.8 Å². The molecule has 0 aliphatic carbocycles. The zero-order valence-corrected chi connectivity index (χ0v) is 15.2. The van der Waals surface area contributed by atoms with Gasteiger partial charge in [0.2, 0.25) is 0 Å². The van der Waals surface area contributed by atoms with E-state index in [0.29, 0.717) is 28.0 Å². The Morgan fingerprint density at radius 2 is 1.67 bits per heavy atom. The monoisotopic (exact) mass is 403 g/mol. The highest BCUT2D eigenvalue weighted by Gasteiger charge is 2.16. The van der Waals surface area contributed by atoms with Crippen LogP contribution in [0, 0.1) is 20.2 Å². The number of nitro groups is 2. The van der Waals surface area contributed by atoms with Crippen molar-refractivity contribution in [3.05, 3.63) is 87.0 Å². The van der Waals surface area contributed by atoms with Gasteiger partial charge in [-0.1, -0.05) is 24.3 Å². The van der Waals surface area contributed by atoms with Crippen LogP contribution in [0.2, 0.25) is 0 Å². The zero-order valence-electron chi connectivity index (χ0n) is 15.2. The van der Waals surface area contributed by atoms with E-state index in [1.807, 2.05) is 0 Å². The van der Waals surface area contributed by atoms with E-state index < -0.39 is 21.3 Å². The number of hydrogen-bond donors (Lipinski definition) is 2. The Morgan fingerprint density at radius 1 is 0.867 bits per heavy atom. The first kappa shape index (κ1) is 18.7. The molecular formula is C20H13N5O5. The Kier molecular flexibility index (Phi) is 4.64. The molecule has 30 heavy (non-hydrogen) atoms. The second-order valence-electron chi connectivity index (χ2n) is 6.31. The molecule has 0 saturated heterocycles. The molecule has 0 amide bonds. The molecule has 2 N–H and O–H groups in total. The number of hydrogen-bond acceptors (Lipinski definition) is 8. The first-order valence-electron chi connectivity index (χ1n) is 8.68. The molecule has 0 spiro atoms. The zero-order chi connectivity index (χ0) is 21.3. The molecule has 10 nitrogen and oxygen atoms in total. The van der Waals surface area contributed by atoms with Crippen molar-refractivity contribution in [3.63, 3.8) is 0 Å². The predicted octanol–water partition coefficient (Wildman–Crippen LogP) is 4.56. The van der Waals surface area contributed by atoms with Crippen LogP contribution >= 0.6 is 0 Å². The van der Waals surface area contributed by atoms with Gasteiger partial charge in [0.15, 0.2) is 11.6 Å². The Morgan fingerprint density at radius 3 is 2.43 bits per heavy atom. The van der Waals surface area contributed by atoms with Gasteiger partial charge >= 0.3 is 5.69 Å². The highest BCUT2D eigenvalue weighted by atomic mass is 16.6. The van der Waals surface area contributed by atoms with Crippen molar-refractivity contribution in [3.8, 4) is 17.1 Å². The number of nitro benzene ring substituents is 2. The van der Waals surface area contributed by atoms with Gasteiger partial charge in [0.25, 0.3) is 5.69 Å². The van der Waals surface area contributed by atoms with Crippen LogP contribution in [0.4, 0.5) is 22.9 Å². The molecule has 0 fully saturated rings. The Hall–Kier alpha value is -4.60. The minimum Gasteiger partial charge on any atom is -0.502 e. The third-order valence-electron chi connectivity index (χ3n) is 4.35. The molecule has 0 saturated carbocycles. The van der Waals surface area contributed by atoms with E-state index in [2.05, 4.69) is 15.3 Å². The first-order chi connectivity index (χ1) is 14.4. The molecule has 0 bridgehead atoms. The molecule has 4 aromatic rings. The normalized spacial score (nSPS) is 10.7. The molecule has 1 aromatic heterocycles. The van der Waals surface area contributed by atoms with Crippen molar-refractivity contribution in [2.24, 2.45) is 0 Å². The quantitative estimate of drug-likeness (QED) is 0.280. The summed E-state index contributed by atoms with van der Waals surface area (Å²) >= 11 is 0. The molecule has 148 valence electrons. The van der Waals surface area contributed by atoms with E-state index in [1.165, 1.54) is 30.3 Å². The van der Waals surface area contributed by atoms with Gasteiger partial charge in [-0.15, -0.1) is 0 Å². The van der Waals surface area contributed by atoms with Gasteiger partial charge in [-0.3, -0.25) is 20.2 Å². The van der Waals surface area contributed by atoms with Gasteiger partial charge < -0.3 is 10.4 Å². The molecule has 0 radical (unpaired) electrons. The van der Waals surface area contributed by atoms with E-state index in [0.717, 1.165) is 0 Å². The maximum absolute atomic E-state index is 11.1. The number of anilines is 2. The lowest BCUT2D eigenvalue weighted by Crippen LogP contribution is -2.00. The van der Waals surface area contributed by atoms with Crippen molar-refractivity contribution >= 4 is 33.8 Å². The van der Waals surface area contributed by atoms with Crippen molar-refractivity contribution in [2.45, 2.75) is 0 Å². The van der Waals surface area contributed by atoms with E-state index in [9.17, 15) is 25.3 Å². The minimum atomic E-state index is -0.687. The Labute approximate surface area is 168 Å². The van der Waals surface area contributed by atoms with E-state index in [1.54, 1.807) is 36.4 Å². The van der Waals surface area contributed by atoms with Crippen LogP contribution in [-0.2, 0) is 0 Å². The van der Waals surface area contributed by atoms with Crippen molar-refractivity contribution in [2.75, 3.05) is 5.32 Å². The molecule has 1 heterocycles. The summed E-state index contributed by atoms with van der Waals surface area (Å²) in [5, 5.41) is 35.5. The van der Waals surface area contributed by atoms with E-state index in [-0.39, 0.29) is 11.5 Å². The van der Waals surface area contributed by atoms with Crippen molar-refractivity contribution in [1.29, 1.82) is 0 Å². The summed E-state index contributed by atoms with van der Waals surface area (Å²) in [6.45, 7) is 0. The van der Waals surface area contributed by atoms with Gasteiger partial charge in [-0.05, 0) is 24.3 Å². The predicted molar refractivity (Wildman–Crippen MR) is 110 cm³/mol. The molecule has 3 aromatic carbocycles. The number of phenolic OH excluding ortho intramolecular Hbond substituents is 1. The SMILES string of the molecule is O=[N+]([O-])c1cccc(-c2nc(Nc3ccc(O)c([N+](=O)[O-])c3)c3ccccc3n2)c1. The van der Waals surface area contributed by atoms with Crippen LogP contribution in [0.15, 0.2) is 66.7 Å². The highest BCUT2D eigenvalue weighted by molar-refractivity contribution is 5.92. The van der Waals surface area contributed by atoms with Crippen LogP contribution in [0.5, 0.6) is 5.75 Å². The number of aromatic hydroxyl groups is 1. The molecule has 10 heteroatoms. The molecule has 0 unspecified atom stereocenters. The fourth-order valence-corrected chi connectivity index (χ4v) is 2.94. The maximum atomic E-state index is 11.1. The number of nitrogens with one attached hydrogen (secondary N) is 1. The van der Waals surface area contributed by atoms with Crippen molar-refractivity contribution < 1.29 is 15.0 Å². The lowest BCUT2D eigenvalue weighted by atomic mass is 10.1. The standard InChI is InChI=1S/C20H13N5O5/c26-18-9-8-13(11-17(18)25(29)30)21-20-15-6-1-2-7-16(15)22-19(23-20)12-4-3-5-14(10-12)24(27)28/h1-11,26H,(H,21,22,23). The number of rotatable bonds is 5. The fourth-order valence-electron chi connectivity index (χ4n) is 2.94. The number of non-ortho nitro benzene ring substituents is 1. The third-order valence-corrected chi connectivity index (χ3v) is 4.35. The van der Waals surface area contributed by atoms with E-state index >= 15 is 0 Å². The molecule has 0 aliphatic rings. The van der Waals surface area contributed by atoms with Gasteiger partial charge in [0.1, 0.15) is 5.82 Å². The summed E-state index contributed by atoms with van der Waals surface area (Å²) in [4.78, 5) is 30.0. The van der Waals surface area contributed by atoms with Crippen LogP contribution in [0.3, 0.4) is 0 Å². The second kappa shape index (κ2) is 7.43. The number of nitrogens with zero attached hydrogens (tertiary/aromatic N) is 4. The maximum Gasteiger partial charge on any atom is 0.312 e. The average molecular weight is 403 g/mol. The first-order valence-corrected chi connectivity index (χ1v) is 8.68. The summed E-state index contributed by atoms with van der Waals surface area (Å²) in [5.74, 6) is 0.172. The number of para-hydroxylation sites is 1. The van der Waals surface area contributed by atoms with Crippen LogP contribution in [0.1, 0.15) is 0 Å². The number of aromatic nitrogens is 2. The van der Waals surface area contributed by atoms with E-state index in [4.69, 9.17) is 0 Å². The van der Waals surface area contributed by atoms with Crippen LogP contribution in [0.25, 0.3) is 22.3 Å².